The largest absolute Gasteiger partial charge is 0.394 e. The van der Waals surface area contributed by atoms with Crippen molar-refractivity contribution in [2.75, 3.05) is 20.8 Å². The van der Waals surface area contributed by atoms with E-state index in [0.29, 0.717) is 0 Å². The molecule has 2 aliphatic heterocycles. The topological polar surface area (TPSA) is 95.8 Å². The van der Waals surface area contributed by atoms with Gasteiger partial charge in [-0.3, -0.25) is 0 Å². The van der Waals surface area contributed by atoms with Gasteiger partial charge in [-0.1, -0.05) is 30.3 Å². The van der Waals surface area contributed by atoms with E-state index in [0.717, 1.165) is 5.56 Å². The van der Waals surface area contributed by atoms with Crippen LogP contribution in [0.25, 0.3) is 0 Å². The lowest BCUT2D eigenvalue weighted by Crippen LogP contribution is -2.73. The van der Waals surface area contributed by atoms with Gasteiger partial charge in [0, 0.05) is 14.2 Å². The summed E-state index contributed by atoms with van der Waals surface area (Å²) in [7, 11) is 2.96. The maximum absolute atomic E-state index is 10.6. The number of ether oxygens (including phenoxy) is 6. The first kappa shape index (κ1) is 20.6. The van der Waals surface area contributed by atoms with Crippen molar-refractivity contribution in [3.63, 3.8) is 0 Å². The van der Waals surface area contributed by atoms with Crippen LogP contribution < -0.4 is 0 Å². The van der Waals surface area contributed by atoms with Crippen molar-refractivity contribution in [1.29, 1.82) is 0 Å². The zero-order valence-electron chi connectivity index (χ0n) is 16.0. The van der Waals surface area contributed by atoms with Gasteiger partial charge in [0.15, 0.2) is 6.29 Å². The molecule has 2 aliphatic rings. The maximum atomic E-state index is 10.6. The summed E-state index contributed by atoms with van der Waals surface area (Å²) < 4.78 is 34.9. The van der Waals surface area contributed by atoms with E-state index in [1.165, 1.54) is 14.2 Å². The standard InChI is InChI=1S/C19H28O8/c1-18(22-3)19(2,23-4)27-16-15(26-18)14(21)13(10-20)25-17(16)24-11-12-8-6-5-7-9-12/h5-9,13-17,20-21H,10-11H2,1-4H3/t13-,14-,15+,16-,17-,18-,19-/m1/s1. The molecular weight excluding hydrogens is 356 g/mol. The number of hydrogen-bond acceptors (Lipinski definition) is 8. The second kappa shape index (κ2) is 8.10. The van der Waals surface area contributed by atoms with Gasteiger partial charge in [-0.15, -0.1) is 0 Å². The van der Waals surface area contributed by atoms with Gasteiger partial charge in [-0.05, 0) is 19.4 Å². The fourth-order valence-electron chi connectivity index (χ4n) is 3.39. The molecule has 2 heterocycles. The van der Waals surface area contributed by atoms with Crippen molar-refractivity contribution in [3.8, 4) is 0 Å². The average molecular weight is 384 g/mol. The molecular formula is C19H28O8. The molecule has 0 amide bonds. The predicted molar refractivity (Wildman–Crippen MR) is 93.6 cm³/mol. The minimum Gasteiger partial charge on any atom is -0.394 e. The molecule has 2 N–H and O–H groups in total. The Labute approximate surface area is 158 Å². The summed E-state index contributed by atoms with van der Waals surface area (Å²) in [4.78, 5) is 0. The van der Waals surface area contributed by atoms with Crippen LogP contribution in [0, 0.1) is 0 Å². The molecule has 0 radical (unpaired) electrons. The number of rotatable bonds is 6. The van der Waals surface area contributed by atoms with E-state index in [2.05, 4.69) is 0 Å². The number of aliphatic hydroxyl groups excluding tert-OH is 2. The Morgan fingerprint density at radius 2 is 1.59 bits per heavy atom. The average Bonchev–Trinajstić information content (AvgIpc) is 2.70. The molecule has 2 fully saturated rings. The monoisotopic (exact) mass is 384 g/mol. The molecule has 0 spiro atoms. The third kappa shape index (κ3) is 3.76. The highest BCUT2D eigenvalue weighted by molar-refractivity contribution is 5.13. The summed E-state index contributed by atoms with van der Waals surface area (Å²) in [6.07, 6.45) is -4.47. The summed E-state index contributed by atoms with van der Waals surface area (Å²) in [5, 5.41) is 20.2. The molecule has 0 bridgehead atoms. The molecule has 0 unspecified atom stereocenters. The zero-order chi connectivity index (χ0) is 19.7. The molecule has 2 saturated heterocycles. The molecule has 7 atom stereocenters. The number of aliphatic hydroxyl groups is 2. The molecule has 3 rings (SSSR count). The van der Waals surface area contributed by atoms with Gasteiger partial charge in [0.1, 0.15) is 24.4 Å². The molecule has 152 valence electrons. The number of benzene rings is 1. The van der Waals surface area contributed by atoms with Gasteiger partial charge in [-0.2, -0.15) is 0 Å². The first-order chi connectivity index (χ1) is 12.9. The molecule has 0 aromatic heterocycles. The summed E-state index contributed by atoms with van der Waals surface area (Å²) in [5.74, 6) is -2.53. The Morgan fingerprint density at radius 3 is 2.15 bits per heavy atom. The van der Waals surface area contributed by atoms with Gasteiger partial charge >= 0.3 is 0 Å². The zero-order valence-corrected chi connectivity index (χ0v) is 16.0. The van der Waals surface area contributed by atoms with E-state index in [1.807, 2.05) is 30.3 Å². The van der Waals surface area contributed by atoms with E-state index < -0.39 is 42.3 Å². The second-order valence-electron chi connectivity index (χ2n) is 6.98. The van der Waals surface area contributed by atoms with Gasteiger partial charge < -0.3 is 38.6 Å². The number of fused-ring (bicyclic) bond motifs is 1. The number of methoxy groups -OCH3 is 2. The third-order valence-electron chi connectivity index (χ3n) is 5.38. The molecule has 0 aliphatic carbocycles. The number of hydrogen-bond donors (Lipinski definition) is 2. The molecule has 1 aromatic rings. The molecule has 8 nitrogen and oxygen atoms in total. The predicted octanol–water partition coefficient (Wildman–Crippen LogP) is 0.790. The maximum Gasteiger partial charge on any atom is 0.220 e. The van der Waals surface area contributed by atoms with Crippen molar-refractivity contribution in [2.24, 2.45) is 0 Å². The fourth-order valence-corrected chi connectivity index (χ4v) is 3.39. The molecule has 8 heteroatoms. The lowest BCUT2D eigenvalue weighted by molar-refractivity contribution is -0.484. The Balaban J connectivity index is 1.83. The van der Waals surface area contributed by atoms with Gasteiger partial charge in [0.25, 0.3) is 0 Å². The summed E-state index contributed by atoms with van der Waals surface area (Å²) >= 11 is 0. The van der Waals surface area contributed by atoms with E-state index >= 15 is 0 Å². The van der Waals surface area contributed by atoms with Gasteiger partial charge in [-0.25, -0.2) is 0 Å². The van der Waals surface area contributed by atoms with E-state index in [4.69, 9.17) is 28.4 Å². The quantitative estimate of drug-likeness (QED) is 0.743. The Bertz CT molecular complexity index is 613. The van der Waals surface area contributed by atoms with Crippen LogP contribution in [0.3, 0.4) is 0 Å². The normalized spacial score (nSPS) is 41.9. The van der Waals surface area contributed by atoms with Crippen LogP contribution in [0.5, 0.6) is 0 Å². The van der Waals surface area contributed by atoms with Crippen LogP contribution in [0.1, 0.15) is 19.4 Å². The molecule has 0 saturated carbocycles. The Hall–Kier alpha value is -1.10. The first-order valence-corrected chi connectivity index (χ1v) is 8.93. The van der Waals surface area contributed by atoms with Crippen molar-refractivity contribution in [1.82, 2.24) is 0 Å². The Morgan fingerprint density at radius 1 is 1.00 bits per heavy atom. The van der Waals surface area contributed by atoms with Crippen LogP contribution >= 0.6 is 0 Å². The SMILES string of the molecule is CO[C@]1(C)O[C@H]2[C@H](OCc3ccccc3)O[C@H](CO)[C@@H](O)[C@@H]2O[C@@]1(C)OC. The lowest BCUT2D eigenvalue weighted by atomic mass is 9.94. The second-order valence-corrected chi connectivity index (χ2v) is 6.98. The summed E-state index contributed by atoms with van der Waals surface area (Å²) in [6, 6.07) is 9.60. The van der Waals surface area contributed by atoms with Gasteiger partial charge in [0.05, 0.1) is 13.2 Å². The highest BCUT2D eigenvalue weighted by Gasteiger charge is 2.62. The smallest absolute Gasteiger partial charge is 0.220 e. The molecule has 1 aromatic carbocycles. The highest BCUT2D eigenvalue weighted by atomic mass is 16.8. The van der Waals surface area contributed by atoms with Crippen LogP contribution in [-0.4, -0.2) is 73.3 Å². The van der Waals surface area contributed by atoms with Crippen molar-refractivity contribution < 1.29 is 38.6 Å². The van der Waals surface area contributed by atoms with E-state index in [-0.39, 0.29) is 13.2 Å². The van der Waals surface area contributed by atoms with Crippen molar-refractivity contribution in [2.45, 2.75) is 62.7 Å². The van der Waals surface area contributed by atoms with Crippen molar-refractivity contribution in [3.05, 3.63) is 35.9 Å². The Kier molecular flexibility index (Phi) is 6.19. The van der Waals surface area contributed by atoms with Crippen LogP contribution in [0.2, 0.25) is 0 Å². The third-order valence-corrected chi connectivity index (χ3v) is 5.38. The first-order valence-electron chi connectivity index (χ1n) is 8.93. The fraction of sp³-hybridized carbons (Fsp3) is 0.684. The minimum absolute atomic E-state index is 0.275. The van der Waals surface area contributed by atoms with Crippen molar-refractivity contribution >= 4 is 0 Å². The van der Waals surface area contributed by atoms with Gasteiger partial charge in [0.2, 0.25) is 11.6 Å². The lowest BCUT2D eigenvalue weighted by Gasteiger charge is -2.56. The molecule has 27 heavy (non-hydrogen) atoms. The highest BCUT2D eigenvalue weighted by Crippen LogP contribution is 2.43. The summed E-state index contributed by atoms with van der Waals surface area (Å²) in [5.41, 5.74) is 0.956. The van der Waals surface area contributed by atoms with E-state index in [1.54, 1.807) is 13.8 Å². The van der Waals surface area contributed by atoms with Crippen LogP contribution in [-0.2, 0) is 35.0 Å². The minimum atomic E-state index is -1.27. The van der Waals surface area contributed by atoms with E-state index in [9.17, 15) is 10.2 Å². The van der Waals surface area contributed by atoms with Crippen LogP contribution in [0.15, 0.2) is 30.3 Å². The van der Waals surface area contributed by atoms with Crippen LogP contribution in [0.4, 0.5) is 0 Å². The summed E-state index contributed by atoms with van der Waals surface area (Å²) in [6.45, 7) is 3.25.